The molecule has 1 amide bonds. The molecule has 2 aromatic carbocycles. The third-order valence-corrected chi connectivity index (χ3v) is 7.03. The molecular weight excluding hydrogens is 412 g/mol. The van der Waals surface area contributed by atoms with Crippen LogP contribution in [0.2, 0.25) is 5.02 Å². The lowest BCUT2D eigenvalue weighted by Gasteiger charge is -2.34. The summed E-state index contributed by atoms with van der Waals surface area (Å²) < 4.78 is 28.7. The van der Waals surface area contributed by atoms with Crippen molar-refractivity contribution in [2.45, 2.75) is 4.90 Å². The van der Waals surface area contributed by atoms with Crippen LogP contribution in [0.5, 0.6) is 0 Å². The van der Waals surface area contributed by atoms with Gasteiger partial charge < -0.3 is 4.90 Å². The van der Waals surface area contributed by atoms with E-state index in [0.29, 0.717) is 23.7 Å². The Hall–Kier alpha value is -2.68. The minimum Gasteiger partial charge on any atom is -0.336 e. The van der Waals surface area contributed by atoms with Gasteiger partial charge in [0.2, 0.25) is 10.0 Å². The molecule has 3 aromatic rings. The molecule has 1 aromatic heterocycles. The van der Waals surface area contributed by atoms with Gasteiger partial charge in [0.25, 0.3) is 5.91 Å². The van der Waals surface area contributed by atoms with E-state index in [-0.39, 0.29) is 23.9 Å². The standard InChI is InChI=1S/C20H19ClN4O3S/c21-17-4-8-19(9-5-17)29(27,28)24-14-12-23(13-15-24)20(26)16-2-6-18(7-3-16)25-11-1-10-22-25/h1-11H,12-15H2. The first-order valence-corrected chi connectivity index (χ1v) is 10.9. The van der Waals surface area contributed by atoms with Gasteiger partial charge in [-0.2, -0.15) is 9.40 Å². The second-order valence-electron chi connectivity index (χ2n) is 6.65. The van der Waals surface area contributed by atoms with Crippen molar-refractivity contribution in [2.75, 3.05) is 26.2 Å². The highest BCUT2D eigenvalue weighted by molar-refractivity contribution is 7.89. The molecule has 2 heterocycles. The number of hydrogen-bond donors (Lipinski definition) is 0. The number of nitrogens with zero attached hydrogens (tertiary/aromatic N) is 4. The maximum Gasteiger partial charge on any atom is 0.253 e. The van der Waals surface area contributed by atoms with Crippen LogP contribution in [0, 0.1) is 0 Å². The minimum atomic E-state index is -3.60. The van der Waals surface area contributed by atoms with Gasteiger partial charge in [0, 0.05) is 49.2 Å². The molecule has 9 heteroatoms. The van der Waals surface area contributed by atoms with E-state index in [0.717, 1.165) is 5.69 Å². The molecule has 0 unspecified atom stereocenters. The monoisotopic (exact) mass is 430 g/mol. The zero-order valence-electron chi connectivity index (χ0n) is 15.5. The molecule has 150 valence electrons. The largest absolute Gasteiger partial charge is 0.336 e. The van der Waals surface area contributed by atoms with Crippen molar-refractivity contribution in [3.63, 3.8) is 0 Å². The van der Waals surface area contributed by atoms with Crippen LogP contribution >= 0.6 is 11.6 Å². The normalized spacial score (nSPS) is 15.4. The molecule has 0 bridgehead atoms. The van der Waals surface area contributed by atoms with Gasteiger partial charge in [0.05, 0.1) is 10.6 Å². The van der Waals surface area contributed by atoms with Gasteiger partial charge in [-0.15, -0.1) is 0 Å². The maximum absolute atomic E-state index is 12.8. The maximum atomic E-state index is 12.8. The molecule has 1 aliphatic rings. The molecule has 29 heavy (non-hydrogen) atoms. The number of aromatic nitrogens is 2. The van der Waals surface area contributed by atoms with E-state index in [4.69, 9.17) is 11.6 Å². The number of hydrogen-bond acceptors (Lipinski definition) is 4. The summed E-state index contributed by atoms with van der Waals surface area (Å²) in [7, 11) is -3.60. The number of amides is 1. The van der Waals surface area contributed by atoms with E-state index in [9.17, 15) is 13.2 Å². The summed E-state index contributed by atoms with van der Waals surface area (Å²) >= 11 is 5.84. The average Bonchev–Trinajstić information content (AvgIpc) is 3.29. The fourth-order valence-electron chi connectivity index (χ4n) is 3.25. The molecule has 0 atom stereocenters. The highest BCUT2D eigenvalue weighted by Gasteiger charge is 2.30. The fraction of sp³-hybridized carbons (Fsp3) is 0.200. The van der Waals surface area contributed by atoms with Crippen molar-refractivity contribution in [3.8, 4) is 5.69 Å². The number of carbonyl (C=O) groups excluding carboxylic acids is 1. The molecule has 1 saturated heterocycles. The molecule has 0 N–H and O–H groups in total. The smallest absolute Gasteiger partial charge is 0.253 e. The van der Waals surface area contributed by atoms with Crippen molar-refractivity contribution in [2.24, 2.45) is 0 Å². The Labute approximate surface area is 174 Å². The van der Waals surface area contributed by atoms with Gasteiger partial charge in [-0.25, -0.2) is 13.1 Å². The summed E-state index contributed by atoms with van der Waals surface area (Å²) in [4.78, 5) is 14.7. The zero-order chi connectivity index (χ0) is 20.4. The number of rotatable bonds is 4. The predicted octanol–water partition coefficient (Wildman–Crippen LogP) is 2.67. The Bertz CT molecular complexity index is 1090. The average molecular weight is 431 g/mol. The molecular formula is C20H19ClN4O3S. The van der Waals surface area contributed by atoms with Crippen molar-refractivity contribution >= 4 is 27.5 Å². The highest BCUT2D eigenvalue weighted by atomic mass is 35.5. The Kier molecular flexibility index (Phi) is 5.40. The molecule has 0 spiro atoms. The SMILES string of the molecule is O=C(c1ccc(-n2cccn2)cc1)N1CCN(S(=O)(=O)c2ccc(Cl)cc2)CC1. The topological polar surface area (TPSA) is 75.5 Å². The van der Waals surface area contributed by atoms with E-state index in [2.05, 4.69) is 5.10 Å². The summed E-state index contributed by atoms with van der Waals surface area (Å²) in [6.07, 6.45) is 3.52. The third-order valence-electron chi connectivity index (χ3n) is 4.86. The lowest BCUT2D eigenvalue weighted by atomic mass is 10.1. The van der Waals surface area contributed by atoms with Crippen LogP contribution in [0.25, 0.3) is 5.69 Å². The molecule has 7 nitrogen and oxygen atoms in total. The van der Waals surface area contributed by atoms with Gasteiger partial charge in [0.1, 0.15) is 0 Å². The number of piperazine rings is 1. The second-order valence-corrected chi connectivity index (χ2v) is 9.02. The van der Waals surface area contributed by atoms with E-state index in [1.807, 2.05) is 24.4 Å². The van der Waals surface area contributed by atoms with Gasteiger partial charge in [-0.1, -0.05) is 11.6 Å². The molecule has 1 aliphatic heterocycles. The fourth-order valence-corrected chi connectivity index (χ4v) is 4.80. The Balaban J connectivity index is 1.41. The van der Waals surface area contributed by atoms with Crippen LogP contribution in [0.1, 0.15) is 10.4 Å². The van der Waals surface area contributed by atoms with E-state index >= 15 is 0 Å². The van der Waals surface area contributed by atoms with Crippen LogP contribution in [0.15, 0.2) is 71.9 Å². The minimum absolute atomic E-state index is 0.111. The first kappa shape index (κ1) is 19.6. The molecule has 4 rings (SSSR count). The van der Waals surface area contributed by atoms with Gasteiger partial charge in [-0.3, -0.25) is 4.79 Å². The highest BCUT2D eigenvalue weighted by Crippen LogP contribution is 2.20. The summed E-state index contributed by atoms with van der Waals surface area (Å²) in [6, 6.07) is 15.1. The zero-order valence-corrected chi connectivity index (χ0v) is 17.1. The van der Waals surface area contributed by atoms with E-state index in [1.54, 1.807) is 40.0 Å². The van der Waals surface area contributed by atoms with Crippen LogP contribution in [-0.4, -0.2) is 59.5 Å². The predicted molar refractivity (Wildman–Crippen MR) is 110 cm³/mol. The van der Waals surface area contributed by atoms with E-state index < -0.39 is 10.0 Å². The van der Waals surface area contributed by atoms with Crippen LogP contribution < -0.4 is 0 Å². The van der Waals surface area contributed by atoms with Gasteiger partial charge in [-0.05, 0) is 54.6 Å². The van der Waals surface area contributed by atoms with Crippen molar-refractivity contribution < 1.29 is 13.2 Å². The summed E-state index contributed by atoms with van der Waals surface area (Å²) in [5.74, 6) is -0.111. The number of carbonyl (C=O) groups is 1. The van der Waals surface area contributed by atoms with Crippen LogP contribution in [0.3, 0.4) is 0 Å². The van der Waals surface area contributed by atoms with E-state index in [1.165, 1.54) is 16.4 Å². The molecule has 1 fully saturated rings. The quantitative estimate of drug-likeness (QED) is 0.637. The molecule has 0 aliphatic carbocycles. The summed E-state index contributed by atoms with van der Waals surface area (Å²) in [5, 5.41) is 4.65. The van der Waals surface area contributed by atoms with Crippen molar-refractivity contribution in [1.29, 1.82) is 0 Å². The van der Waals surface area contributed by atoms with Crippen LogP contribution in [-0.2, 0) is 10.0 Å². The number of sulfonamides is 1. The first-order chi connectivity index (χ1) is 13.9. The molecule has 0 saturated carbocycles. The van der Waals surface area contributed by atoms with Gasteiger partial charge in [0.15, 0.2) is 0 Å². The number of halogens is 1. The Morgan fingerprint density at radius 3 is 2.17 bits per heavy atom. The third kappa shape index (κ3) is 4.05. The lowest BCUT2D eigenvalue weighted by Crippen LogP contribution is -2.50. The Morgan fingerprint density at radius 1 is 0.931 bits per heavy atom. The van der Waals surface area contributed by atoms with Gasteiger partial charge >= 0.3 is 0 Å². The summed E-state index contributed by atoms with van der Waals surface area (Å²) in [5.41, 5.74) is 1.43. The van der Waals surface area contributed by atoms with Crippen molar-refractivity contribution in [1.82, 2.24) is 19.0 Å². The molecule has 0 radical (unpaired) electrons. The van der Waals surface area contributed by atoms with Crippen molar-refractivity contribution in [3.05, 3.63) is 77.6 Å². The Morgan fingerprint density at radius 2 is 1.59 bits per heavy atom. The van der Waals surface area contributed by atoms with Crippen LogP contribution in [0.4, 0.5) is 0 Å². The number of benzene rings is 2. The summed E-state index contributed by atoms with van der Waals surface area (Å²) in [6.45, 7) is 1.18. The lowest BCUT2D eigenvalue weighted by molar-refractivity contribution is 0.0698. The first-order valence-electron chi connectivity index (χ1n) is 9.10. The second kappa shape index (κ2) is 7.98.